The van der Waals surface area contributed by atoms with Crippen molar-refractivity contribution in [2.45, 2.75) is 13.1 Å². The molecule has 1 aliphatic heterocycles. The van der Waals surface area contributed by atoms with Crippen molar-refractivity contribution < 1.29 is 23.8 Å². The third-order valence-corrected chi connectivity index (χ3v) is 4.78. The molecule has 4 rings (SSSR count). The molecule has 2 heterocycles. The summed E-state index contributed by atoms with van der Waals surface area (Å²) >= 11 is 0. The van der Waals surface area contributed by atoms with Crippen LogP contribution in [0.25, 0.3) is 0 Å². The molecule has 2 aromatic carbocycles. The van der Waals surface area contributed by atoms with Gasteiger partial charge in [0, 0.05) is 13.6 Å². The van der Waals surface area contributed by atoms with E-state index in [0.29, 0.717) is 43.4 Å². The smallest absolute Gasteiger partial charge is 0.338 e. The summed E-state index contributed by atoms with van der Waals surface area (Å²) < 4.78 is 17.9. The van der Waals surface area contributed by atoms with Gasteiger partial charge < -0.3 is 19.1 Å². The number of fused-ring (bicyclic) bond motifs is 1. The van der Waals surface area contributed by atoms with Gasteiger partial charge in [0.05, 0.1) is 12.1 Å². The molecular formula is C22H22N4O5. The zero-order chi connectivity index (χ0) is 21.6. The molecule has 0 saturated heterocycles. The fourth-order valence-electron chi connectivity index (χ4n) is 3.12. The van der Waals surface area contributed by atoms with Gasteiger partial charge in [-0.05, 0) is 35.4 Å². The maximum Gasteiger partial charge on any atom is 0.338 e. The number of nitrogens with zero attached hydrogens (tertiary/aromatic N) is 4. The molecule has 0 radical (unpaired) electrons. The van der Waals surface area contributed by atoms with Crippen LogP contribution in [0.1, 0.15) is 21.5 Å². The molecule has 0 aliphatic carbocycles. The van der Waals surface area contributed by atoms with Crippen molar-refractivity contribution in [2.75, 3.05) is 26.9 Å². The third kappa shape index (κ3) is 5.19. The first-order chi connectivity index (χ1) is 15.1. The first kappa shape index (κ1) is 20.4. The van der Waals surface area contributed by atoms with Crippen molar-refractivity contribution in [3.63, 3.8) is 0 Å². The molecule has 0 N–H and O–H groups in total. The van der Waals surface area contributed by atoms with E-state index >= 15 is 0 Å². The number of carbonyl (C=O) groups is 2. The quantitative estimate of drug-likeness (QED) is 0.537. The zero-order valence-electron chi connectivity index (χ0n) is 17.1. The molecule has 0 saturated carbocycles. The predicted molar refractivity (Wildman–Crippen MR) is 110 cm³/mol. The van der Waals surface area contributed by atoms with Gasteiger partial charge in [-0.3, -0.25) is 4.79 Å². The minimum Gasteiger partial charge on any atom is -0.486 e. The van der Waals surface area contributed by atoms with E-state index in [1.54, 1.807) is 30.2 Å². The number of hydrogen-bond donors (Lipinski definition) is 0. The van der Waals surface area contributed by atoms with Gasteiger partial charge in [-0.25, -0.2) is 14.5 Å². The summed E-state index contributed by atoms with van der Waals surface area (Å²) in [4.78, 5) is 30.0. The largest absolute Gasteiger partial charge is 0.486 e. The van der Waals surface area contributed by atoms with E-state index in [-0.39, 0.29) is 12.5 Å². The summed E-state index contributed by atoms with van der Waals surface area (Å²) in [7, 11) is 1.66. The van der Waals surface area contributed by atoms with Crippen LogP contribution >= 0.6 is 0 Å². The highest BCUT2D eigenvalue weighted by molar-refractivity contribution is 5.91. The van der Waals surface area contributed by atoms with Crippen molar-refractivity contribution in [1.29, 1.82) is 0 Å². The summed E-state index contributed by atoms with van der Waals surface area (Å²) in [6.07, 6.45) is 3.09. The van der Waals surface area contributed by atoms with E-state index in [0.717, 1.165) is 11.1 Å². The van der Waals surface area contributed by atoms with Gasteiger partial charge in [0.15, 0.2) is 18.1 Å². The van der Waals surface area contributed by atoms with Crippen LogP contribution in [0.3, 0.4) is 0 Å². The first-order valence-electron chi connectivity index (χ1n) is 9.79. The lowest BCUT2D eigenvalue weighted by Gasteiger charge is -2.21. The first-order valence-corrected chi connectivity index (χ1v) is 9.79. The lowest BCUT2D eigenvalue weighted by Crippen LogP contribution is -2.30. The average molecular weight is 422 g/mol. The van der Waals surface area contributed by atoms with E-state index in [4.69, 9.17) is 14.2 Å². The molecule has 0 unspecified atom stereocenters. The minimum atomic E-state index is -0.548. The van der Waals surface area contributed by atoms with Gasteiger partial charge in [-0.2, -0.15) is 5.10 Å². The highest BCUT2D eigenvalue weighted by atomic mass is 16.6. The van der Waals surface area contributed by atoms with Gasteiger partial charge in [-0.1, -0.05) is 18.2 Å². The molecule has 0 bridgehead atoms. The number of carbonyl (C=O) groups excluding carboxylic acids is 2. The van der Waals surface area contributed by atoms with Crippen LogP contribution < -0.4 is 9.47 Å². The second-order valence-electron chi connectivity index (χ2n) is 7.09. The standard InChI is InChI=1S/C22H22N4O5/c1-25(11-17-4-7-19-20(10-17)30-9-8-29-19)21(27)13-31-22(28)18-5-2-16(3-6-18)12-26-15-23-14-24-26/h2-7,10,14-15H,8-9,11-13H2,1H3. The Kier molecular flexibility index (Phi) is 6.11. The molecule has 160 valence electrons. The maximum absolute atomic E-state index is 12.4. The Morgan fingerprint density at radius 2 is 1.81 bits per heavy atom. The molecule has 9 heteroatoms. The molecule has 1 aromatic heterocycles. The number of likely N-dealkylation sites (N-methyl/N-ethyl adjacent to an activating group) is 1. The van der Waals surface area contributed by atoms with Gasteiger partial charge >= 0.3 is 5.97 Å². The van der Waals surface area contributed by atoms with Crippen LogP contribution in [0.2, 0.25) is 0 Å². The van der Waals surface area contributed by atoms with Gasteiger partial charge in [0.1, 0.15) is 25.9 Å². The van der Waals surface area contributed by atoms with Crippen molar-refractivity contribution in [3.8, 4) is 11.5 Å². The second-order valence-corrected chi connectivity index (χ2v) is 7.09. The average Bonchev–Trinajstić information content (AvgIpc) is 3.30. The van der Waals surface area contributed by atoms with E-state index < -0.39 is 5.97 Å². The molecule has 0 fully saturated rings. The monoisotopic (exact) mass is 422 g/mol. The summed E-state index contributed by atoms with van der Waals surface area (Å²) in [5, 5.41) is 4.04. The lowest BCUT2D eigenvalue weighted by atomic mass is 10.1. The van der Waals surface area contributed by atoms with Crippen molar-refractivity contribution >= 4 is 11.9 Å². The number of aromatic nitrogens is 3. The Hall–Kier alpha value is -3.88. The van der Waals surface area contributed by atoms with Crippen molar-refractivity contribution in [2.24, 2.45) is 0 Å². The van der Waals surface area contributed by atoms with Crippen LogP contribution in [0, 0.1) is 0 Å². The molecule has 0 atom stereocenters. The molecule has 9 nitrogen and oxygen atoms in total. The summed E-state index contributed by atoms with van der Waals surface area (Å²) in [5.74, 6) is 0.521. The van der Waals surface area contributed by atoms with E-state index in [2.05, 4.69) is 10.1 Å². The Balaban J connectivity index is 1.27. The van der Waals surface area contributed by atoms with E-state index in [9.17, 15) is 9.59 Å². The fraction of sp³-hybridized carbons (Fsp3) is 0.273. The number of esters is 1. The number of hydrogen-bond acceptors (Lipinski definition) is 7. The highest BCUT2D eigenvalue weighted by Crippen LogP contribution is 2.31. The lowest BCUT2D eigenvalue weighted by molar-refractivity contribution is -0.133. The van der Waals surface area contributed by atoms with E-state index in [1.165, 1.54) is 11.2 Å². The van der Waals surface area contributed by atoms with Crippen molar-refractivity contribution in [3.05, 3.63) is 71.8 Å². The van der Waals surface area contributed by atoms with Crippen LogP contribution in [-0.4, -0.2) is 58.4 Å². The van der Waals surface area contributed by atoms with Crippen molar-refractivity contribution in [1.82, 2.24) is 19.7 Å². The Bertz CT molecular complexity index is 1050. The molecule has 3 aromatic rings. The van der Waals surface area contributed by atoms with Gasteiger partial charge in [-0.15, -0.1) is 0 Å². The Morgan fingerprint density at radius 1 is 1.06 bits per heavy atom. The number of benzene rings is 2. The topological polar surface area (TPSA) is 95.8 Å². The van der Waals surface area contributed by atoms with Crippen LogP contribution in [0.15, 0.2) is 55.1 Å². The SMILES string of the molecule is CN(Cc1ccc2c(c1)OCCO2)C(=O)COC(=O)c1ccc(Cn2cncn2)cc1. The highest BCUT2D eigenvalue weighted by Gasteiger charge is 2.16. The Morgan fingerprint density at radius 3 is 2.55 bits per heavy atom. The molecular weight excluding hydrogens is 400 g/mol. The normalized spacial score (nSPS) is 12.3. The molecule has 1 aliphatic rings. The Labute approximate surface area is 179 Å². The number of amides is 1. The number of rotatable bonds is 7. The third-order valence-electron chi connectivity index (χ3n) is 4.78. The van der Waals surface area contributed by atoms with Crippen LogP contribution in [0.5, 0.6) is 11.5 Å². The minimum absolute atomic E-state index is 0.300. The number of ether oxygens (including phenoxy) is 3. The zero-order valence-corrected chi connectivity index (χ0v) is 17.1. The molecule has 31 heavy (non-hydrogen) atoms. The fourth-order valence-corrected chi connectivity index (χ4v) is 3.12. The molecule has 1 amide bonds. The van der Waals surface area contributed by atoms with Gasteiger partial charge in [0.2, 0.25) is 0 Å². The van der Waals surface area contributed by atoms with Gasteiger partial charge in [0.25, 0.3) is 5.91 Å². The van der Waals surface area contributed by atoms with Crippen LogP contribution in [0.4, 0.5) is 0 Å². The summed E-state index contributed by atoms with van der Waals surface area (Å²) in [6, 6.07) is 12.5. The summed E-state index contributed by atoms with van der Waals surface area (Å²) in [6.45, 7) is 1.62. The maximum atomic E-state index is 12.4. The summed E-state index contributed by atoms with van der Waals surface area (Å²) in [5.41, 5.74) is 2.25. The molecule has 0 spiro atoms. The predicted octanol–water partition coefficient (Wildman–Crippen LogP) is 1.91. The second kappa shape index (κ2) is 9.29. The van der Waals surface area contributed by atoms with Crippen LogP contribution in [-0.2, 0) is 22.6 Å². The van der Waals surface area contributed by atoms with E-state index in [1.807, 2.05) is 30.3 Å².